The molecule has 1 aromatic carbocycles. The second-order valence-corrected chi connectivity index (χ2v) is 3.80. The van der Waals surface area contributed by atoms with Crippen LogP contribution in [-0.4, -0.2) is 36.3 Å². The number of fused-ring (bicyclic) bond motifs is 1. The number of carbonyl (C=O) groups is 1. The van der Waals surface area contributed by atoms with E-state index in [0.717, 1.165) is 11.1 Å². The smallest absolute Gasteiger partial charge is 0.354 e. The normalized spacial score (nSPS) is 10.5. The molecule has 0 bridgehead atoms. The Hall–Kier alpha value is -2.14. The van der Waals surface area contributed by atoms with Gasteiger partial charge in [0.2, 0.25) is 0 Å². The van der Waals surface area contributed by atoms with E-state index in [-0.39, 0.29) is 5.69 Å². The zero-order chi connectivity index (χ0) is 13.0. The number of anilines is 1. The van der Waals surface area contributed by atoms with E-state index in [1.165, 1.54) is 0 Å². The minimum Gasteiger partial charge on any atom is -0.477 e. The number of aromatic carboxylic acids is 1. The van der Waals surface area contributed by atoms with Crippen LogP contribution in [0.15, 0.2) is 30.3 Å². The fourth-order valence-corrected chi connectivity index (χ4v) is 1.72. The van der Waals surface area contributed by atoms with Gasteiger partial charge in [-0.3, -0.25) is 0 Å². The van der Waals surface area contributed by atoms with E-state index in [1.807, 2.05) is 18.2 Å². The van der Waals surface area contributed by atoms with Crippen molar-refractivity contribution in [3.63, 3.8) is 0 Å². The number of rotatable bonds is 5. The van der Waals surface area contributed by atoms with Crippen LogP contribution in [0, 0.1) is 0 Å². The fraction of sp³-hybridized carbons (Fsp3) is 0.231. The van der Waals surface area contributed by atoms with Crippen molar-refractivity contribution in [3.05, 3.63) is 36.0 Å². The zero-order valence-corrected chi connectivity index (χ0v) is 10.0. The van der Waals surface area contributed by atoms with Crippen LogP contribution in [-0.2, 0) is 4.74 Å². The molecule has 2 rings (SSSR count). The van der Waals surface area contributed by atoms with Gasteiger partial charge < -0.3 is 15.2 Å². The molecule has 94 valence electrons. The Kier molecular flexibility index (Phi) is 3.74. The van der Waals surface area contributed by atoms with Gasteiger partial charge in [-0.2, -0.15) is 0 Å². The Balaban J connectivity index is 2.43. The molecule has 0 atom stereocenters. The molecule has 0 spiro atoms. The van der Waals surface area contributed by atoms with Crippen molar-refractivity contribution in [2.75, 3.05) is 25.6 Å². The average molecular weight is 246 g/mol. The molecule has 0 unspecified atom stereocenters. The van der Waals surface area contributed by atoms with Crippen LogP contribution in [0.3, 0.4) is 0 Å². The number of nitrogens with zero attached hydrogens (tertiary/aromatic N) is 1. The van der Waals surface area contributed by atoms with Gasteiger partial charge in [0.15, 0.2) is 5.69 Å². The zero-order valence-electron chi connectivity index (χ0n) is 10.0. The summed E-state index contributed by atoms with van der Waals surface area (Å²) in [5.41, 5.74) is 1.46. The third kappa shape index (κ3) is 2.57. The van der Waals surface area contributed by atoms with E-state index in [2.05, 4.69) is 10.3 Å². The molecular weight excluding hydrogens is 232 g/mol. The van der Waals surface area contributed by atoms with Crippen molar-refractivity contribution in [2.45, 2.75) is 0 Å². The number of aromatic nitrogens is 1. The van der Waals surface area contributed by atoms with Crippen LogP contribution in [0.5, 0.6) is 0 Å². The number of carboxylic acid groups (broad SMARTS) is 1. The highest BCUT2D eigenvalue weighted by atomic mass is 16.5. The van der Waals surface area contributed by atoms with Gasteiger partial charge >= 0.3 is 5.97 Å². The van der Waals surface area contributed by atoms with Crippen LogP contribution >= 0.6 is 0 Å². The van der Waals surface area contributed by atoms with Crippen molar-refractivity contribution >= 4 is 22.6 Å². The first-order valence-corrected chi connectivity index (χ1v) is 5.58. The summed E-state index contributed by atoms with van der Waals surface area (Å²) in [5.74, 6) is -1.03. The quantitative estimate of drug-likeness (QED) is 0.789. The highest BCUT2D eigenvalue weighted by Crippen LogP contribution is 2.22. The van der Waals surface area contributed by atoms with Crippen molar-refractivity contribution in [3.8, 4) is 0 Å². The maximum absolute atomic E-state index is 11.0. The Labute approximate surface area is 104 Å². The van der Waals surface area contributed by atoms with Crippen LogP contribution < -0.4 is 5.32 Å². The molecule has 0 saturated heterocycles. The minimum atomic E-state index is -1.03. The summed E-state index contributed by atoms with van der Waals surface area (Å²) in [4.78, 5) is 15.1. The van der Waals surface area contributed by atoms with E-state index in [4.69, 9.17) is 9.84 Å². The van der Waals surface area contributed by atoms with Gasteiger partial charge in [0.1, 0.15) is 0 Å². The van der Waals surface area contributed by atoms with Crippen LogP contribution in [0.4, 0.5) is 5.69 Å². The summed E-state index contributed by atoms with van der Waals surface area (Å²) in [6, 6.07) is 8.97. The number of ether oxygens (including phenoxy) is 1. The minimum absolute atomic E-state index is 0.0358. The van der Waals surface area contributed by atoms with E-state index >= 15 is 0 Å². The number of para-hydroxylation sites is 1. The molecule has 5 nitrogen and oxygen atoms in total. The lowest BCUT2D eigenvalue weighted by Crippen LogP contribution is -2.10. The molecule has 1 heterocycles. The summed E-state index contributed by atoms with van der Waals surface area (Å²) < 4.78 is 4.96. The predicted molar refractivity (Wildman–Crippen MR) is 69.1 cm³/mol. The number of benzene rings is 1. The first kappa shape index (κ1) is 12.3. The maximum Gasteiger partial charge on any atom is 0.354 e. The molecule has 5 heteroatoms. The van der Waals surface area contributed by atoms with Gasteiger partial charge in [-0.05, 0) is 12.1 Å². The second-order valence-electron chi connectivity index (χ2n) is 3.80. The standard InChI is InChI=1S/C13H14N2O3/c1-18-7-6-14-11-8-12(13(16)17)15-10-5-3-2-4-9(10)11/h2-5,8H,6-7H2,1H3,(H,14,15)(H,16,17). The number of methoxy groups -OCH3 is 1. The van der Waals surface area contributed by atoms with Crippen LogP contribution in [0.1, 0.15) is 10.5 Å². The van der Waals surface area contributed by atoms with Gasteiger partial charge in [-0.25, -0.2) is 9.78 Å². The largest absolute Gasteiger partial charge is 0.477 e. The predicted octanol–water partition coefficient (Wildman–Crippen LogP) is 1.99. The number of hydrogen-bond donors (Lipinski definition) is 2. The molecule has 0 aliphatic rings. The number of carboxylic acids is 1. The van der Waals surface area contributed by atoms with E-state index < -0.39 is 5.97 Å². The molecule has 2 aromatic rings. The Morgan fingerprint density at radius 3 is 2.94 bits per heavy atom. The van der Waals surface area contributed by atoms with Gasteiger partial charge in [0, 0.05) is 24.7 Å². The molecule has 0 fully saturated rings. The molecule has 0 aliphatic heterocycles. The SMILES string of the molecule is COCCNc1cc(C(=O)O)nc2ccccc12. The molecule has 0 aliphatic carbocycles. The monoisotopic (exact) mass is 246 g/mol. The molecule has 1 aromatic heterocycles. The molecule has 0 radical (unpaired) electrons. The Morgan fingerprint density at radius 2 is 2.22 bits per heavy atom. The van der Waals surface area contributed by atoms with Gasteiger partial charge in [-0.1, -0.05) is 18.2 Å². The van der Waals surface area contributed by atoms with Gasteiger partial charge in [0.25, 0.3) is 0 Å². The van der Waals surface area contributed by atoms with Crippen molar-refractivity contribution < 1.29 is 14.6 Å². The third-order valence-corrected chi connectivity index (χ3v) is 2.56. The first-order chi connectivity index (χ1) is 8.72. The van der Waals surface area contributed by atoms with Crippen LogP contribution in [0.25, 0.3) is 10.9 Å². The van der Waals surface area contributed by atoms with E-state index in [1.54, 1.807) is 19.2 Å². The third-order valence-electron chi connectivity index (χ3n) is 2.56. The van der Waals surface area contributed by atoms with E-state index in [9.17, 15) is 4.79 Å². The second kappa shape index (κ2) is 5.46. The van der Waals surface area contributed by atoms with Gasteiger partial charge in [0.05, 0.1) is 12.1 Å². The lowest BCUT2D eigenvalue weighted by Gasteiger charge is -2.10. The molecule has 0 amide bonds. The highest BCUT2D eigenvalue weighted by Gasteiger charge is 2.10. The van der Waals surface area contributed by atoms with Crippen molar-refractivity contribution in [1.29, 1.82) is 0 Å². The molecular formula is C13H14N2O3. The Morgan fingerprint density at radius 1 is 1.44 bits per heavy atom. The summed E-state index contributed by atoms with van der Waals surface area (Å²) in [6.07, 6.45) is 0. The molecule has 18 heavy (non-hydrogen) atoms. The Bertz CT molecular complexity index is 569. The topological polar surface area (TPSA) is 71.5 Å². The summed E-state index contributed by atoms with van der Waals surface area (Å²) in [6.45, 7) is 1.17. The first-order valence-electron chi connectivity index (χ1n) is 5.58. The maximum atomic E-state index is 11.0. The van der Waals surface area contributed by atoms with Crippen molar-refractivity contribution in [2.24, 2.45) is 0 Å². The highest BCUT2D eigenvalue weighted by molar-refractivity contribution is 5.97. The number of hydrogen-bond acceptors (Lipinski definition) is 4. The summed E-state index contributed by atoms with van der Waals surface area (Å²) in [7, 11) is 1.62. The molecule has 2 N–H and O–H groups in total. The van der Waals surface area contributed by atoms with Gasteiger partial charge in [-0.15, -0.1) is 0 Å². The summed E-state index contributed by atoms with van der Waals surface area (Å²) >= 11 is 0. The molecule has 0 saturated carbocycles. The van der Waals surface area contributed by atoms with Crippen molar-refractivity contribution in [1.82, 2.24) is 4.98 Å². The fourth-order valence-electron chi connectivity index (χ4n) is 1.72. The summed E-state index contributed by atoms with van der Waals surface area (Å²) in [5, 5.41) is 13.1. The number of nitrogens with one attached hydrogen (secondary N) is 1. The number of pyridine rings is 1. The average Bonchev–Trinajstić information content (AvgIpc) is 2.38. The lowest BCUT2D eigenvalue weighted by atomic mass is 10.1. The van der Waals surface area contributed by atoms with E-state index in [0.29, 0.717) is 18.7 Å². The lowest BCUT2D eigenvalue weighted by molar-refractivity contribution is 0.0691. The van der Waals surface area contributed by atoms with Crippen LogP contribution in [0.2, 0.25) is 0 Å².